The van der Waals surface area contributed by atoms with E-state index in [4.69, 9.17) is 22.1 Å². The molecule has 1 fully saturated rings. The topological polar surface area (TPSA) is 85.5 Å². The van der Waals surface area contributed by atoms with E-state index in [9.17, 15) is 9.59 Å². The minimum Gasteiger partial charge on any atom is -0.466 e. The Labute approximate surface area is 188 Å². The summed E-state index contributed by atoms with van der Waals surface area (Å²) in [5, 5.41) is 0.704. The lowest BCUT2D eigenvalue weighted by molar-refractivity contribution is -0.143. The first-order valence-electron chi connectivity index (χ1n) is 10.8. The summed E-state index contributed by atoms with van der Waals surface area (Å²) in [6.07, 6.45) is 6.69. The number of rotatable bonds is 8. The summed E-state index contributed by atoms with van der Waals surface area (Å²) < 4.78 is 5.07. The van der Waals surface area contributed by atoms with Crippen molar-refractivity contribution in [3.8, 4) is 0 Å². The number of ether oxygens (including phenoxy) is 1. The van der Waals surface area contributed by atoms with Gasteiger partial charge in [-0.25, -0.2) is 0 Å². The van der Waals surface area contributed by atoms with Crippen LogP contribution in [-0.2, 0) is 14.9 Å². The van der Waals surface area contributed by atoms with E-state index in [-0.39, 0.29) is 29.8 Å². The van der Waals surface area contributed by atoms with Gasteiger partial charge in [-0.05, 0) is 62.4 Å². The molecule has 0 atom stereocenters. The Bertz CT molecular complexity index is 883. The molecule has 0 unspecified atom stereocenters. The predicted molar refractivity (Wildman–Crippen MR) is 121 cm³/mol. The standard InChI is InChI=1S/C24H30ClN3O3/c1-2-31-22(29)10-14-28(23(30)18-5-4-13-27-16-18)21-8-11-24(17-26,12-9-21)19-6-3-7-20(25)15-19/h3-7,13,15-16,21H,2,8-12,14,17,26H2,1H3/t21-,24-. The van der Waals surface area contributed by atoms with Crippen LogP contribution in [0.5, 0.6) is 0 Å². The summed E-state index contributed by atoms with van der Waals surface area (Å²) >= 11 is 6.22. The summed E-state index contributed by atoms with van der Waals surface area (Å²) in [6.45, 7) is 2.96. The molecule has 1 aromatic carbocycles. The fourth-order valence-corrected chi connectivity index (χ4v) is 4.64. The number of carbonyl (C=O) groups excluding carboxylic acids is 2. The van der Waals surface area contributed by atoms with Crippen LogP contribution in [0, 0.1) is 0 Å². The third kappa shape index (κ3) is 5.63. The lowest BCUT2D eigenvalue weighted by Crippen LogP contribution is -2.48. The van der Waals surface area contributed by atoms with E-state index in [2.05, 4.69) is 11.1 Å². The molecule has 0 spiro atoms. The Morgan fingerprint density at radius 2 is 2.03 bits per heavy atom. The number of amides is 1. The van der Waals surface area contributed by atoms with Crippen LogP contribution in [0.1, 0.15) is 54.9 Å². The van der Waals surface area contributed by atoms with Gasteiger partial charge in [-0.3, -0.25) is 14.6 Å². The highest BCUT2D eigenvalue weighted by Crippen LogP contribution is 2.41. The smallest absolute Gasteiger partial charge is 0.307 e. The Balaban J connectivity index is 1.77. The zero-order valence-corrected chi connectivity index (χ0v) is 18.7. The van der Waals surface area contributed by atoms with E-state index < -0.39 is 0 Å². The maximum Gasteiger partial charge on any atom is 0.307 e. The third-order valence-electron chi connectivity index (χ3n) is 6.21. The quantitative estimate of drug-likeness (QED) is 0.624. The Morgan fingerprint density at radius 1 is 1.26 bits per heavy atom. The van der Waals surface area contributed by atoms with Crippen LogP contribution in [0.4, 0.5) is 0 Å². The summed E-state index contributed by atoms with van der Waals surface area (Å²) in [5.41, 5.74) is 7.76. The van der Waals surface area contributed by atoms with Gasteiger partial charge in [0.1, 0.15) is 0 Å². The van der Waals surface area contributed by atoms with Crippen LogP contribution in [0.25, 0.3) is 0 Å². The summed E-state index contributed by atoms with van der Waals surface area (Å²) in [6, 6.07) is 11.4. The first kappa shape index (κ1) is 23.2. The molecule has 1 aliphatic rings. The molecule has 6 nitrogen and oxygen atoms in total. The van der Waals surface area contributed by atoms with Gasteiger partial charge in [0.15, 0.2) is 0 Å². The molecule has 0 bridgehead atoms. The molecule has 2 aromatic rings. The molecular formula is C24H30ClN3O3. The molecule has 31 heavy (non-hydrogen) atoms. The Kier molecular flexibility index (Phi) is 8.04. The number of benzene rings is 1. The van der Waals surface area contributed by atoms with Gasteiger partial charge in [0, 0.05) is 42.0 Å². The normalized spacial score (nSPS) is 20.8. The monoisotopic (exact) mass is 443 g/mol. The number of nitrogens with zero attached hydrogens (tertiary/aromatic N) is 2. The highest BCUT2D eigenvalue weighted by molar-refractivity contribution is 6.30. The second-order valence-corrected chi connectivity index (χ2v) is 8.46. The summed E-state index contributed by atoms with van der Waals surface area (Å²) in [5.74, 6) is -0.400. The van der Waals surface area contributed by atoms with E-state index in [0.717, 1.165) is 31.2 Å². The average Bonchev–Trinajstić information content (AvgIpc) is 2.80. The van der Waals surface area contributed by atoms with Crippen LogP contribution in [-0.4, -0.2) is 47.5 Å². The molecule has 7 heteroatoms. The molecule has 1 heterocycles. The molecule has 0 aliphatic heterocycles. The number of nitrogens with two attached hydrogens (primary N) is 1. The fraction of sp³-hybridized carbons (Fsp3) is 0.458. The maximum atomic E-state index is 13.3. The average molecular weight is 444 g/mol. The number of hydrogen-bond donors (Lipinski definition) is 1. The molecule has 0 radical (unpaired) electrons. The van der Waals surface area contributed by atoms with Gasteiger partial charge in [-0.2, -0.15) is 0 Å². The number of pyridine rings is 1. The molecule has 1 aliphatic carbocycles. The van der Waals surface area contributed by atoms with Crippen LogP contribution >= 0.6 is 11.6 Å². The number of halogens is 1. The van der Waals surface area contributed by atoms with Crippen molar-refractivity contribution in [1.82, 2.24) is 9.88 Å². The molecule has 1 aromatic heterocycles. The predicted octanol–water partition coefficient (Wildman–Crippen LogP) is 3.97. The van der Waals surface area contributed by atoms with Gasteiger partial charge in [0.2, 0.25) is 0 Å². The van der Waals surface area contributed by atoms with E-state index in [1.807, 2.05) is 23.1 Å². The fourth-order valence-electron chi connectivity index (χ4n) is 4.45. The van der Waals surface area contributed by atoms with Crippen molar-refractivity contribution in [3.63, 3.8) is 0 Å². The molecule has 1 amide bonds. The SMILES string of the molecule is CCOC(=O)CCN(C(=O)c1cccnc1)[C@H]1CC[C@](CN)(c2cccc(Cl)c2)CC1. The lowest BCUT2D eigenvalue weighted by atomic mass is 9.68. The van der Waals surface area contributed by atoms with Crippen molar-refractivity contribution in [1.29, 1.82) is 0 Å². The van der Waals surface area contributed by atoms with E-state index in [1.165, 1.54) is 0 Å². The molecule has 2 N–H and O–H groups in total. The van der Waals surface area contributed by atoms with Gasteiger partial charge in [0.25, 0.3) is 5.91 Å². The largest absolute Gasteiger partial charge is 0.466 e. The zero-order valence-electron chi connectivity index (χ0n) is 17.9. The van der Waals surface area contributed by atoms with Gasteiger partial charge in [-0.1, -0.05) is 23.7 Å². The van der Waals surface area contributed by atoms with Crippen molar-refractivity contribution in [2.24, 2.45) is 5.73 Å². The van der Waals surface area contributed by atoms with Gasteiger partial charge < -0.3 is 15.4 Å². The van der Waals surface area contributed by atoms with Crippen molar-refractivity contribution in [3.05, 3.63) is 64.9 Å². The number of hydrogen-bond acceptors (Lipinski definition) is 5. The van der Waals surface area contributed by atoms with Crippen LogP contribution < -0.4 is 5.73 Å². The molecule has 1 saturated carbocycles. The lowest BCUT2D eigenvalue weighted by Gasteiger charge is -2.43. The molecular weight excluding hydrogens is 414 g/mol. The van der Waals surface area contributed by atoms with Gasteiger partial charge in [0.05, 0.1) is 18.6 Å². The Morgan fingerprint density at radius 3 is 2.65 bits per heavy atom. The summed E-state index contributed by atoms with van der Waals surface area (Å²) in [7, 11) is 0. The molecule has 0 saturated heterocycles. The van der Waals surface area contributed by atoms with Crippen molar-refractivity contribution in [2.75, 3.05) is 19.7 Å². The maximum absolute atomic E-state index is 13.3. The molecule has 3 rings (SSSR count). The minimum absolute atomic E-state index is 0.0287. The number of esters is 1. The number of aromatic nitrogens is 1. The van der Waals surface area contributed by atoms with Crippen molar-refractivity contribution in [2.45, 2.75) is 50.5 Å². The van der Waals surface area contributed by atoms with E-state index in [0.29, 0.717) is 30.3 Å². The first-order chi connectivity index (χ1) is 15.0. The van der Waals surface area contributed by atoms with Crippen molar-refractivity contribution < 1.29 is 14.3 Å². The van der Waals surface area contributed by atoms with Gasteiger partial charge >= 0.3 is 5.97 Å². The third-order valence-corrected chi connectivity index (χ3v) is 6.45. The first-order valence-corrected chi connectivity index (χ1v) is 11.2. The number of carbonyl (C=O) groups is 2. The highest BCUT2D eigenvalue weighted by atomic mass is 35.5. The van der Waals surface area contributed by atoms with Crippen LogP contribution in [0.3, 0.4) is 0 Å². The zero-order chi connectivity index (χ0) is 22.3. The van der Waals surface area contributed by atoms with Crippen LogP contribution in [0.2, 0.25) is 5.02 Å². The van der Waals surface area contributed by atoms with Gasteiger partial charge in [-0.15, -0.1) is 0 Å². The van der Waals surface area contributed by atoms with E-state index >= 15 is 0 Å². The van der Waals surface area contributed by atoms with E-state index in [1.54, 1.807) is 31.5 Å². The second kappa shape index (κ2) is 10.7. The summed E-state index contributed by atoms with van der Waals surface area (Å²) in [4.78, 5) is 31.1. The minimum atomic E-state index is -0.294. The van der Waals surface area contributed by atoms with Crippen molar-refractivity contribution >= 4 is 23.5 Å². The van der Waals surface area contributed by atoms with Crippen LogP contribution in [0.15, 0.2) is 48.8 Å². The Hall–Kier alpha value is -2.44. The molecule has 166 valence electrons. The highest BCUT2D eigenvalue weighted by Gasteiger charge is 2.38. The second-order valence-electron chi connectivity index (χ2n) is 8.02.